The minimum atomic E-state index is -0.772. The third-order valence-corrected chi connectivity index (χ3v) is 2.80. The van der Waals surface area contributed by atoms with E-state index in [0.29, 0.717) is 16.5 Å². The van der Waals surface area contributed by atoms with Crippen molar-refractivity contribution in [2.24, 2.45) is 0 Å². The number of hydrogen-bond acceptors (Lipinski definition) is 3. The standard InChI is InChI=1S/C13H11ClF2N2O/c1-19-12-6-8(2-3-9(12)14)18-13-10(15)4-7(17)5-11(13)16/h2-6,18H,17H2,1H3. The van der Waals surface area contributed by atoms with E-state index in [1.807, 2.05) is 0 Å². The van der Waals surface area contributed by atoms with Crippen LogP contribution < -0.4 is 15.8 Å². The lowest BCUT2D eigenvalue weighted by molar-refractivity contribution is 0.415. The van der Waals surface area contributed by atoms with Gasteiger partial charge in [-0.2, -0.15) is 0 Å². The van der Waals surface area contributed by atoms with E-state index < -0.39 is 11.6 Å². The van der Waals surface area contributed by atoms with Gasteiger partial charge >= 0.3 is 0 Å². The fourth-order valence-electron chi connectivity index (χ4n) is 1.59. The number of ether oxygens (including phenoxy) is 1. The summed E-state index contributed by atoms with van der Waals surface area (Å²) in [7, 11) is 1.45. The number of nitrogens with two attached hydrogens (primary N) is 1. The summed E-state index contributed by atoms with van der Waals surface area (Å²) in [6, 6.07) is 6.77. The van der Waals surface area contributed by atoms with Crippen molar-refractivity contribution in [3.05, 3.63) is 47.0 Å². The fraction of sp³-hybridized carbons (Fsp3) is 0.0769. The number of benzene rings is 2. The molecule has 2 aromatic carbocycles. The second kappa shape index (κ2) is 5.32. The molecule has 0 fully saturated rings. The maximum absolute atomic E-state index is 13.6. The number of nitrogen functional groups attached to an aromatic ring is 1. The summed E-state index contributed by atoms with van der Waals surface area (Å²) < 4.78 is 32.3. The molecule has 0 spiro atoms. The van der Waals surface area contributed by atoms with Crippen molar-refractivity contribution in [2.45, 2.75) is 0 Å². The third-order valence-electron chi connectivity index (χ3n) is 2.48. The summed E-state index contributed by atoms with van der Waals surface area (Å²) >= 11 is 5.87. The topological polar surface area (TPSA) is 47.3 Å². The Hall–Kier alpha value is -2.01. The molecule has 0 saturated carbocycles. The van der Waals surface area contributed by atoms with E-state index in [1.165, 1.54) is 13.2 Å². The van der Waals surface area contributed by atoms with E-state index in [0.717, 1.165) is 12.1 Å². The van der Waals surface area contributed by atoms with Gasteiger partial charge in [-0.15, -0.1) is 0 Å². The second-order valence-electron chi connectivity index (χ2n) is 3.83. The molecule has 2 rings (SSSR count). The van der Waals surface area contributed by atoms with E-state index in [-0.39, 0.29) is 11.4 Å². The molecule has 0 saturated heterocycles. The van der Waals surface area contributed by atoms with E-state index in [1.54, 1.807) is 12.1 Å². The molecular formula is C13H11ClF2N2O. The highest BCUT2D eigenvalue weighted by molar-refractivity contribution is 6.32. The van der Waals surface area contributed by atoms with Gasteiger partial charge in [-0.3, -0.25) is 0 Å². The Bertz CT molecular complexity index is 597. The third kappa shape index (κ3) is 2.88. The monoisotopic (exact) mass is 284 g/mol. The number of nitrogens with one attached hydrogen (secondary N) is 1. The first-order valence-electron chi connectivity index (χ1n) is 5.36. The maximum atomic E-state index is 13.6. The van der Waals surface area contributed by atoms with Gasteiger partial charge < -0.3 is 15.8 Å². The molecule has 0 unspecified atom stereocenters. The molecule has 0 heterocycles. The first-order valence-corrected chi connectivity index (χ1v) is 5.74. The van der Waals surface area contributed by atoms with Gasteiger partial charge in [-0.05, 0) is 24.3 Å². The fourth-order valence-corrected chi connectivity index (χ4v) is 1.79. The van der Waals surface area contributed by atoms with Crippen LogP contribution in [0.25, 0.3) is 0 Å². The summed E-state index contributed by atoms with van der Waals surface area (Å²) in [6.07, 6.45) is 0. The molecule has 3 nitrogen and oxygen atoms in total. The van der Waals surface area contributed by atoms with Gasteiger partial charge in [-0.25, -0.2) is 8.78 Å². The Morgan fingerprint density at radius 1 is 1.16 bits per heavy atom. The Labute approximate surface area is 113 Å². The maximum Gasteiger partial charge on any atom is 0.151 e. The van der Waals surface area contributed by atoms with Gasteiger partial charge in [0, 0.05) is 17.4 Å². The molecule has 6 heteroatoms. The van der Waals surface area contributed by atoms with Crippen LogP contribution in [0.15, 0.2) is 30.3 Å². The van der Waals surface area contributed by atoms with Crippen LogP contribution in [0.2, 0.25) is 5.02 Å². The van der Waals surface area contributed by atoms with E-state index in [4.69, 9.17) is 22.1 Å². The summed E-state index contributed by atoms with van der Waals surface area (Å²) in [5.41, 5.74) is 5.53. The van der Waals surface area contributed by atoms with Crippen LogP contribution in [0, 0.1) is 11.6 Å². The predicted octanol–water partition coefficient (Wildman–Crippen LogP) is 3.95. The number of halogens is 3. The molecule has 100 valence electrons. The molecule has 0 radical (unpaired) electrons. The average molecular weight is 285 g/mol. The quantitative estimate of drug-likeness (QED) is 0.839. The van der Waals surface area contributed by atoms with Gasteiger partial charge in [0.25, 0.3) is 0 Å². The first-order chi connectivity index (χ1) is 9.01. The van der Waals surface area contributed by atoms with Crippen molar-refractivity contribution in [2.75, 3.05) is 18.2 Å². The molecule has 0 aliphatic rings. The number of rotatable bonds is 3. The van der Waals surface area contributed by atoms with Crippen molar-refractivity contribution in [1.82, 2.24) is 0 Å². The largest absolute Gasteiger partial charge is 0.495 e. The Morgan fingerprint density at radius 3 is 2.37 bits per heavy atom. The van der Waals surface area contributed by atoms with Gasteiger partial charge in [0.2, 0.25) is 0 Å². The molecular weight excluding hydrogens is 274 g/mol. The molecule has 0 amide bonds. The SMILES string of the molecule is COc1cc(Nc2c(F)cc(N)cc2F)ccc1Cl. The highest BCUT2D eigenvalue weighted by Gasteiger charge is 2.11. The van der Waals surface area contributed by atoms with Crippen molar-refractivity contribution in [3.63, 3.8) is 0 Å². The zero-order chi connectivity index (χ0) is 14.0. The Morgan fingerprint density at radius 2 is 1.79 bits per heavy atom. The van der Waals surface area contributed by atoms with Crippen LogP contribution in [0.4, 0.5) is 25.8 Å². The lowest BCUT2D eigenvalue weighted by Crippen LogP contribution is -2.00. The predicted molar refractivity (Wildman–Crippen MR) is 72.1 cm³/mol. The van der Waals surface area contributed by atoms with Crippen molar-refractivity contribution >= 4 is 28.7 Å². The molecule has 0 bridgehead atoms. The van der Waals surface area contributed by atoms with Crippen LogP contribution in [-0.2, 0) is 0 Å². The Kier molecular flexibility index (Phi) is 3.76. The molecule has 0 aliphatic heterocycles. The van der Waals surface area contributed by atoms with E-state index in [9.17, 15) is 8.78 Å². The molecule has 0 aliphatic carbocycles. The highest BCUT2D eigenvalue weighted by Crippen LogP contribution is 2.31. The number of methoxy groups -OCH3 is 1. The minimum Gasteiger partial charge on any atom is -0.495 e. The molecule has 3 N–H and O–H groups in total. The van der Waals surface area contributed by atoms with Crippen molar-refractivity contribution in [1.29, 1.82) is 0 Å². The molecule has 0 atom stereocenters. The minimum absolute atomic E-state index is 0.0224. The molecule has 19 heavy (non-hydrogen) atoms. The van der Waals surface area contributed by atoms with Gasteiger partial charge in [0.15, 0.2) is 11.6 Å². The highest BCUT2D eigenvalue weighted by atomic mass is 35.5. The average Bonchev–Trinajstić information content (AvgIpc) is 2.35. The van der Waals surface area contributed by atoms with Gasteiger partial charge in [-0.1, -0.05) is 11.6 Å². The lowest BCUT2D eigenvalue weighted by atomic mass is 10.2. The van der Waals surface area contributed by atoms with Crippen LogP contribution in [0.1, 0.15) is 0 Å². The zero-order valence-corrected chi connectivity index (χ0v) is 10.8. The second-order valence-corrected chi connectivity index (χ2v) is 4.24. The molecule has 2 aromatic rings. The van der Waals surface area contributed by atoms with Gasteiger partial charge in [0.05, 0.1) is 12.1 Å². The summed E-state index contributed by atoms with van der Waals surface area (Å²) in [5, 5.41) is 3.03. The normalized spacial score (nSPS) is 10.3. The number of hydrogen-bond donors (Lipinski definition) is 2. The van der Waals surface area contributed by atoms with E-state index in [2.05, 4.69) is 5.32 Å². The number of anilines is 3. The van der Waals surface area contributed by atoms with Crippen LogP contribution in [-0.4, -0.2) is 7.11 Å². The van der Waals surface area contributed by atoms with Crippen LogP contribution in [0.3, 0.4) is 0 Å². The first kappa shape index (κ1) is 13.4. The van der Waals surface area contributed by atoms with Gasteiger partial charge in [0.1, 0.15) is 11.4 Å². The summed E-state index contributed by atoms with van der Waals surface area (Å²) in [4.78, 5) is 0. The van der Waals surface area contributed by atoms with E-state index >= 15 is 0 Å². The molecule has 0 aromatic heterocycles. The van der Waals surface area contributed by atoms with Crippen LogP contribution in [0.5, 0.6) is 5.75 Å². The van der Waals surface area contributed by atoms with Crippen molar-refractivity contribution < 1.29 is 13.5 Å². The lowest BCUT2D eigenvalue weighted by Gasteiger charge is -2.11. The summed E-state index contributed by atoms with van der Waals surface area (Å²) in [5.74, 6) is -1.14. The zero-order valence-electron chi connectivity index (χ0n) is 10.0. The van der Waals surface area contributed by atoms with Crippen LogP contribution >= 0.6 is 11.6 Å². The summed E-state index contributed by atoms with van der Waals surface area (Å²) in [6.45, 7) is 0. The van der Waals surface area contributed by atoms with Crippen molar-refractivity contribution in [3.8, 4) is 5.75 Å². The smallest absolute Gasteiger partial charge is 0.151 e. The Balaban J connectivity index is 2.36.